The van der Waals surface area contributed by atoms with Crippen LogP contribution in [0.2, 0.25) is 0 Å². The Morgan fingerprint density at radius 2 is 2.00 bits per heavy atom. The zero-order chi connectivity index (χ0) is 12.3. The lowest BCUT2D eigenvalue weighted by molar-refractivity contribution is 0.0397. The third-order valence-corrected chi connectivity index (χ3v) is 2.87. The summed E-state index contributed by atoms with van der Waals surface area (Å²) in [7, 11) is 0. The summed E-state index contributed by atoms with van der Waals surface area (Å²) in [6, 6.07) is 0.0265. The van der Waals surface area contributed by atoms with Gasteiger partial charge >= 0.3 is 6.09 Å². The largest absolute Gasteiger partial charge is 0.444 e. The maximum atomic E-state index is 11.6. The molecule has 1 amide bonds. The first-order chi connectivity index (χ1) is 7.28. The fourth-order valence-electron chi connectivity index (χ4n) is 1.96. The number of hydrogen-bond acceptors (Lipinski definition) is 3. The van der Waals surface area contributed by atoms with Crippen molar-refractivity contribution in [3.05, 3.63) is 0 Å². The monoisotopic (exact) mass is 229 g/mol. The summed E-state index contributed by atoms with van der Waals surface area (Å²) in [5.74, 6) is 0.399. The number of rotatable bonds is 1. The first kappa shape index (κ1) is 13.3. The van der Waals surface area contributed by atoms with Crippen LogP contribution in [0, 0.1) is 5.92 Å². The Kier molecular flexibility index (Phi) is 4.19. The van der Waals surface area contributed by atoms with Crippen LogP contribution >= 0.6 is 0 Å². The van der Waals surface area contributed by atoms with Crippen molar-refractivity contribution in [2.24, 2.45) is 5.92 Å². The van der Waals surface area contributed by atoms with E-state index >= 15 is 0 Å². The molecule has 94 valence electrons. The van der Waals surface area contributed by atoms with E-state index in [4.69, 9.17) is 4.74 Å². The molecule has 0 aliphatic heterocycles. The zero-order valence-corrected chi connectivity index (χ0v) is 10.6. The summed E-state index contributed by atoms with van der Waals surface area (Å²) < 4.78 is 5.19. The molecule has 0 spiro atoms. The number of alkyl carbamates (subject to hydrolysis) is 1. The third kappa shape index (κ3) is 4.39. The van der Waals surface area contributed by atoms with Crippen LogP contribution in [-0.4, -0.2) is 28.9 Å². The first-order valence-corrected chi connectivity index (χ1v) is 5.95. The van der Waals surface area contributed by atoms with Gasteiger partial charge in [0.1, 0.15) is 5.60 Å². The minimum absolute atomic E-state index is 0.0265. The molecule has 0 saturated heterocycles. The van der Waals surface area contributed by atoms with Gasteiger partial charge in [0.15, 0.2) is 0 Å². The summed E-state index contributed by atoms with van der Waals surface area (Å²) in [5, 5.41) is 12.4. The van der Waals surface area contributed by atoms with Gasteiger partial charge in [0.05, 0.1) is 6.10 Å². The number of aliphatic hydroxyl groups excluding tert-OH is 1. The van der Waals surface area contributed by atoms with Crippen LogP contribution in [0.5, 0.6) is 0 Å². The van der Waals surface area contributed by atoms with E-state index in [1.165, 1.54) is 0 Å². The van der Waals surface area contributed by atoms with Crippen LogP contribution in [0.15, 0.2) is 0 Å². The predicted molar refractivity (Wildman–Crippen MR) is 62.2 cm³/mol. The molecule has 1 aliphatic carbocycles. The van der Waals surface area contributed by atoms with E-state index in [0.29, 0.717) is 12.3 Å². The van der Waals surface area contributed by atoms with Crippen molar-refractivity contribution in [3.8, 4) is 0 Å². The second-order valence-corrected chi connectivity index (χ2v) is 5.70. The van der Waals surface area contributed by atoms with Crippen molar-refractivity contribution >= 4 is 6.09 Å². The number of nitrogens with one attached hydrogen (secondary N) is 1. The smallest absolute Gasteiger partial charge is 0.407 e. The Morgan fingerprint density at radius 3 is 2.56 bits per heavy atom. The number of carbonyl (C=O) groups excluding carboxylic acids is 1. The highest BCUT2D eigenvalue weighted by Gasteiger charge is 2.29. The average molecular weight is 229 g/mol. The molecule has 1 rings (SSSR count). The normalized spacial score (nSPS) is 30.9. The van der Waals surface area contributed by atoms with Gasteiger partial charge in [-0.25, -0.2) is 4.79 Å². The van der Waals surface area contributed by atoms with Crippen LogP contribution in [0.25, 0.3) is 0 Å². The fourth-order valence-corrected chi connectivity index (χ4v) is 1.96. The van der Waals surface area contributed by atoms with Crippen molar-refractivity contribution in [3.63, 3.8) is 0 Å². The Labute approximate surface area is 97.4 Å². The molecule has 16 heavy (non-hydrogen) atoms. The lowest BCUT2D eigenvalue weighted by Gasteiger charge is -2.33. The van der Waals surface area contributed by atoms with Crippen LogP contribution < -0.4 is 5.32 Å². The molecule has 4 nitrogen and oxygen atoms in total. The topological polar surface area (TPSA) is 58.6 Å². The van der Waals surface area contributed by atoms with Gasteiger partial charge < -0.3 is 15.2 Å². The summed E-state index contributed by atoms with van der Waals surface area (Å²) >= 11 is 0. The van der Waals surface area contributed by atoms with E-state index in [-0.39, 0.29) is 12.1 Å². The molecule has 0 aromatic carbocycles. The van der Waals surface area contributed by atoms with E-state index in [1.807, 2.05) is 20.8 Å². The van der Waals surface area contributed by atoms with E-state index in [0.717, 1.165) is 12.8 Å². The number of ether oxygens (including phenoxy) is 1. The van der Waals surface area contributed by atoms with Gasteiger partial charge in [-0.2, -0.15) is 0 Å². The summed E-state index contributed by atoms with van der Waals surface area (Å²) in [5.41, 5.74) is -0.472. The SMILES string of the molecule is C[C@@H]1CC[C@H](O)C[C@H]1NC(=O)OC(C)(C)C. The maximum absolute atomic E-state index is 11.6. The third-order valence-electron chi connectivity index (χ3n) is 2.87. The second kappa shape index (κ2) is 5.04. The maximum Gasteiger partial charge on any atom is 0.407 e. The van der Waals surface area contributed by atoms with Gasteiger partial charge in [-0.15, -0.1) is 0 Å². The lowest BCUT2D eigenvalue weighted by atomic mass is 9.84. The Hall–Kier alpha value is -0.770. The average Bonchev–Trinajstić information content (AvgIpc) is 2.08. The number of hydrogen-bond donors (Lipinski definition) is 2. The van der Waals surface area contributed by atoms with Crippen molar-refractivity contribution < 1.29 is 14.6 Å². The Balaban J connectivity index is 2.43. The van der Waals surface area contributed by atoms with Gasteiger partial charge in [0, 0.05) is 6.04 Å². The predicted octanol–water partition coefficient (Wildman–Crippen LogP) is 2.06. The van der Waals surface area contributed by atoms with Crippen molar-refractivity contribution in [1.29, 1.82) is 0 Å². The summed E-state index contributed by atoms with van der Waals surface area (Å²) in [6.45, 7) is 7.61. The molecular formula is C12H23NO3. The molecule has 0 unspecified atom stereocenters. The molecule has 2 N–H and O–H groups in total. The minimum atomic E-state index is -0.472. The van der Waals surface area contributed by atoms with Gasteiger partial charge in [-0.05, 0) is 46.0 Å². The van der Waals surface area contributed by atoms with Crippen LogP contribution in [0.3, 0.4) is 0 Å². The van der Waals surface area contributed by atoms with Crippen LogP contribution in [-0.2, 0) is 4.74 Å². The molecule has 0 aromatic rings. The van der Waals surface area contributed by atoms with Crippen LogP contribution in [0.1, 0.15) is 47.0 Å². The van der Waals surface area contributed by atoms with E-state index in [9.17, 15) is 9.90 Å². The standard InChI is InChI=1S/C12H23NO3/c1-8-5-6-9(14)7-10(8)13-11(15)16-12(2,3)4/h8-10,14H,5-7H2,1-4H3,(H,13,15)/t8-,9+,10-/m1/s1. The summed E-state index contributed by atoms with van der Waals surface area (Å²) in [6.07, 6.45) is 1.71. The quantitative estimate of drug-likeness (QED) is 0.723. The molecule has 1 fully saturated rings. The lowest BCUT2D eigenvalue weighted by Crippen LogP contribution is -2.46. The molecule has 1 saturated carbocycles. The van der Waals surface area contributed by atoms with Crippen molar-refractivity contribution in [2.75, 3.05) is 0 Å². The number of carbonyl (C=O) groups is 1. The van der Waals surface area contributed by atoms with Gasteiger partial charge in [0.25, 0.3) is 0 Å². The minimum Gasteiger partial charge on any atom is -0.444 e. The highest BCUT2D eigenvalue weighted by Crippen LogP contribution is 2.24. The molecule has 0 heterocycles. The molecule has 0 bridgehead atoms. The van der Waals surface area contributed by atoms with Crippen molar-refractivity contribution in [1.82, 2.24) is 5.32 Å². The van der Waals surface area contributed by atoms with E-state index in [2.05, 4.69) is 12.2 Å². The van der Waals surface area contributed by atoms with Gasteiger partial charge in [-0.1, -0.05) is 6.92 Å². The summed E-state index contributed by atoms with van der Waals surface area (Å²) in [4.78, 5) is 11.6. The second-order valence-electron chi connectivity index (χ2n) is 5.70. The highest BCUT2D eigenvalue weighted by molar-refractivity contribution is 5.68. The van der Waals surface area contributed by atoms with E-state index in [1.54, 1.807) is 0 Å². The number of amides is 1. The molecule has 4 heteroatoms. The zero-order valence-electron chi connectivity index (χ0n) is 10.6. The van der Waals surface area contributed by atoms with Crippen molar-refractivity contribution in [2.45, 2.75) is 64.7 Å². The fraction of sp³-hybridized carbons (Fsp3) is 0.917. The number of aliphatic hydroxyl groups is 1. The highest BCUT2D eigenvalue weighted by atomic mass is 16.6. The van der Waals surface area contributed by atoms with Crippen LogP contribution in [0.4, 0.5) is 4.79 Å². The molecule has 0 aromatic heterocycles. The van der Waals surface area contributed by atoms with E-state index < -0.39 is 11.7 Å². The Morgan fingerprint density at radius 1 is 1.38 bits per heavy atom. The van der Waals surface area contributed by atoms with Gasteiger partial charge in [-0.3, -0.25) is 0 Å². The molecular weight excluding hydrogens is 206 g/mol. The van der Waals surface area contributed by atoms with Gasteiger partial charge in [0.2, 0.25) is 0 Å². The molecule has 3 atom stereocenters. The molecule has 0 radical (unpaired) electrons. The Bertz CT molecular complexity index is 247. The first-order valence-electron chi connectivity index (χ1n) is 5.95. The molecule has 1 aliphatic rings.